The molecule has 3 N–H and O–H groups in total. The first kappa shape index (κ1) is 12.9. The van der Waals surface area contributed by atoms with Crippen molar-refractivity contribution in [2.75, 3.05) is 20.3 Å². The normalized spacial score (nSPS) is 11.1. The fourth-order valence-corrected chi connectivity index (χ4v) is 2.27. The molecule has 0 bridgehead atoms. The lowest BCUT2D eigenvalue weighted by Crippen LogP contribution is -2.08. The molecule has 0 saturated heterocycles. The van der Waals surface area contributed by atoms with E-state index in [4.69, 9.17) is 15.6 Å². The van der Waals surface area contributed by atoms with Crippen molar-refractivity contribution in [3.8, 4) is 5.75 Å². The van der Waals surface area contributed by atoms with E-state index in [1.165, 1.54) is 16.5 Å². The summed E-state index contributed by atoms with van der Waals surface area (Å²) < 4.78 is 7.44. The van der Waals surface area contributed by atoms with Crippen LogP contribution in [0, 0.1) is 0 Å². The highest BCUT2D eigenvalue weighted by atomic mass is 16.5. The molecule has 0 aliphatic rings. The molecule has 1 heterocycles. The molecule has 0 atom stereocenters. The van der Waals surface area contributed by atoms with Crippen LogP contribution in [0.25, 0.3) is 10.9 Å². The summed E-state index contributed by atoms with van der Waals surface area (Å²) in [6.07, 6.45) is 3.78. The van der Waals surface area contributed by atoms with Crippen molar-refractivity contribution in [1.29, 1.82) is 0 Å². The number of aliphatic hydroxyl groups excluding tert-OH is 1. The largest absolute Gasteiger partial charge is 0.497 e. The molecule has 0 amide bonds. The third kappa shape index (κ3) is 2.49. The SMILES string of the molecule is COc1ccc2c(c1)c(CCCO)cn2CCN. The van der Waals surface area contributed by atoms with Crippen molar-refractivity contribution in [3.63, 3.8) is 0 Å². The van der Waals surface area contributed by atoms with Gasteiger partial charge in [0, 0.05) is 36.8 Å². The van der Waals surface area contributed by atoms with Gasteiger partial charge in [0.15, 0.2) is 0 Å². The molecule has 0 radical (unpaired) electrons. The quantitative estimate of drug-likeness (QED) is 0.815. The number of aliphatic hydroxyl groups is 1. The maximum absolute atomic E-state index is 8.96. The van der Waals surface area contributed by atoms with Crippen LogP contribution in [0.3, 0.4) is 0 Å². The maximum atomic E-state index is 8.96. The Morgan fingerprint density at radius 2 is 2.22 bits per heavy atom. The number of ether oxygens (including phenoxy) is 1. The number of hydrogen-bond acceptors (Lipinski definition) is 3. The van der Waals surface area contributed by atoms with E-state index in [0.717, 1.165) is 25.1 Å². The Balaban J connectivity index is 2.46. The number of aryl methyl sites for hydroxylation is 1. The lowest BCUT2D eigenvalue weighted by Gasteiger charge is -2.04. The second kappa shape index (κ2) is 5.89. The molecule has 0 saturated carbocycles. The first-order chi connectivity index (χ1) is 8.80. The number of hydrogen-bond donors (Lipinski definition) is 2. The third-order valence-electron chi connectivity index (χ3n) is 3.15. The summed E-state index contributed by atoms with van der Waals surface area (Å²) in [4.78, 5) is 0. The van der Waals surface area contributed by atoms with E-state index in [2.05, 4.69) is 22.9 Å². The van der Waals surface area contributed by atoms with E-state index in [9.17, 15) is 0 Å². The number of nitrogens with two attached hydrogens (primary N) is 1. The van der Waals surface area contributed by atoms with Gasteiger partial charge in [-0.25, -0.2) is 0 Å². The van der Waals surface area contributed by atoms with Crippen LogP contribution in [0.4, 0.5) is 0 Å². The Morgan fingerprint density at radius 1 is 1.39 bits per heavy atom. The average molecular weight is 248 g/mol. The van der Waals surface area contributed by atoms with Gasteiger partial charge in [0.1, 0.15) is 5.75 Å². The molecule has 0 aliphatic carbocycles. The van der Waals surface area contributed by atoms with Gasteiger partial charge < -0.3 is 20.1 Å². The molecular weight excluding hydrogens is 228 g/mol. The van der Waals surface area contributed by atoms with Gasteiger partial charge in [-0.15, -0.1) is 0 Å². The second-order valence-electron chi connectivity index (χ2n) is 4.35. The number of fused-ring (bicyclic) bond motifs is 1. The molecule has 0 spiro atoms. The standard InChI is InChI=1S/C14H20N2O2/c1-18-12-4-5-14-13(9-12)11(3-2-8-17)10-16(14)7-6-15/h4-5,9-10,17H,2-3,6-8,15H2,1H3. The number of nitrogens with zero attached hydrogens (tertiary/aromatic N) is 1. The van der Waals surface area contributed by atoms with E-state index in [1.54, 1.807) is 7.11 Å². The molecule has 2 rings (SSSR count). The molecule has 98 valence electrons. The molecule has 4 heteroatoms. The zero-order valence-corrected chi connectivity index (χ0v) is 10.7. The van der Waals surface area contributed by atoms with Gasteiger partial charge >= 0.3 is 0 Å². The molecule has 4 nitrogen and oxygen atoms in total. The third-order valence-corrected chi connectivity index (χ3v) is 3.15. The number of rotatable bonds is 6. The zero-order valence-electron chi connectivity index (χ0n) is 10.7. The van der Waals surface area contributed by atoms with Crippen LogP contribution in [0.2, 0.25) is 0 Å². The van der Waals surface area contributed by atoms with Gasteiger partial charge in [-0.2, -0.15) is 0 Å². The van der Waals surface area contributed by atoms with Crippen molar-refractivity contribution >= 4 is 10.9 Å². The van der Waals surface area contributed by atoms with E-state index in [1.807, 2.05) is 6.07 Å². The zero-order chi connectivity index (χ0) is 13.0. The minimum atomic E-state index is 0.216. The first-order valence-corrected chi connectivity index (χ1v) is 6.27. The monoisotopic (exact) mass is 248 g/mol. The van der Waals surface area contributed by atoms with Gasteiger partial charge in [-0.05, 0) is 36.6 Å². The predicted octanol–water partition coefficient (Wildman–Crippen LogP) is 1.53. The Kier molecular flexibility index (Phi) is 4.23. The summed E-state index contributed by atoms with van der Waals surface area (Å²) in [7, 11) is 1.67. The van der Waals surface area contributed by atoms with Gasteiger partial charge in [-0.3, -0.25) is 0 Å². The van der Waals surface area contributed by atoms with Crippen LogP contribution in [0.15, 0.2) is 24.4 Å². The van der Waals surface area contributed by atoms with Crippen LogP contribution < -0.4 is 10.5 Å². The topological polar surface area (TPSA) is 60.4 Å². The van der Waals surface area contributed by atoms with E-state index in [0.29, 0.717) is 6.54 Å². The smallest absolute Gasteiger partial charge is 0.119 e. The lowest BCUT2D eigenvalue weighted by molar-refractivity contribution is 0.288. The molecule has 0 unspecified atom stereocenters. The van der Waals surface area contributed by atoms with E-state index in [-0.39, 0.29) is 6.61 Å². The number of aromatic nitrogens is 1. The highest BCUT2D eigenvalue weighted by molar-refractivity contribution is 5.85. The van der Waals surface area contributed by atoms with Crippen molar-refractivity contribution in [2.45, 2.75) is 19.4 Å². The van der Waals surface area contributed by atoms with Crippen LogP contribution in [-0.2, 0) is 13.0 Å². The average Bonchev–Trinajstić information content (AvgIpc) is 2.74. The minimum absolute atomic E-state index is 0.216. The van der Waals surface area contributed by atoms with Crippen LogP contribution >= 0.6 is 0 Å². The minimum Gasteiger partial charge on any atom is -0.497 e. The summed E-state index contributed by atoms with van der Waals surface area (Å²) in [5.74, 6) is 0.859. The molecule has 0 fully saturated rings. The van der Waals surface area contributed by atoms with Gasteiger partial charge in [0.05, 0.1) is 7.11 Å². The van der Waals surface area contributed by atoms with Gasteiger partial charge in [0.2, 0.25) is 0 Å². The fraction of sp³-hybridized carbons (Fsp3) is 0.429. The maximum Gasteiger partial charge on any atom is 0.119 e. The first-order valence-electron chi connectivity index (χ1n) is 6.27. The number of methoxy groups -OCH3 is 1. The summed E-state index contributed by atoms with van der Waals surface area (Å²) >= 11 is 0. The van der Waals surface area contributed by atoms with Gasteiger partial charge in [0.25, 0.3) is 0 Å². The summed E-state index contributed by atoms with van der Waals surface area (Å²) in [6.45, 7) is 1.64. The molecule has 0 aliphatic heterocycles. The van der Waals surface area contributed by atoms with Crippen LogP contribution in [-0.4, -0.2) is 29.9 Å². The molecule has 1 aromatic carbocycles. The van der Waals surface area contributed by atoms with Crippen molar-refractivity contribution < 1.29 is 9.84 Å². The molecule has 1 aromatic heterocycles. The van der Waals surface area contributed by atoms with Crippen LogP contribution in [0.5, 0.6) is 5.75 Å². The highest BCUT2D eigenvalue weighted by Gasteiger charge is 2.09. The van der Waals surface area contributed by atoms with Crippen LogP contribution in [0.1, 0.15) is 12.0 Å². The van der Waals surface area contributed by atoms with E-state index < -0.39 is 0 Å². The molecular formula is C14H20N2O2. The highest BCUT2D eigenvalue weighted by Crippen LogP contribution is 2.26. The van der Waals surface area contributed by atoms with Crippen molar-refractivity contribution in [1.82, 2.24) is 4.57 Å². The Morgan fingerprint density at radius 3 is 2.89 bits per heavy atom. The summed E-state index contributed by atoms with van der Waals surface area (Å²) in [5, 5.41) is 10.2. The summed E-state index contributed by atoms with van der Waals surface area (Å²) in [6, 6.07) is 6.08. The number of benzene rings is 1. The second-order valence-corrected chi connectivity index (χ2v) is 4.35. The fourth-order valence-electron chi connectivity index (χ4n) is 2.27. The van der Waals surface area contributed by atoms with Crippen molar-refractivity contribution in [2.24, 2.45) is 5.73 Å². The predicted molar refractivity (Wildman–Crippen MR) is 73.0 cm³/mol. The summed E-state index contributed by atoms with van der Waals surface area (Å²) in [5.41, 5.74) is 8.05. The lowest BCUT2D eigenvalue weighted by atomic mass is 10.1. The Hall–Kier alpha value is -1.52. The molecule has 18 heavy (non-hydrogen) atoms. The van der Waals surface area contributed by atoms with Gasteiger partial charge in [-0.1, -0.05) is 0 Å². The van der Waals surface area contributed by atoms with E-state index >= 15 is 0 Å². The van der Waals surface area contributed by atoms with Crippen molar-refractivity contribution in [3.05, 3.63) is 30.0 Å². The Bertz CT molecular complexity index is 520. The molecule has 2 aromatic rings. The Labute approximate surface area is 107 Å².